The lowest BCUT2D eigenvalue weighted by Crippen LogP contribution is -2.32. The van der Waals surface area contributed by atoms with Crippen molar-refractivity contribution < 1.29 is 13.9 Å². The van der Waals surface area contributed by atoms with Crippen LogP contribution in [-0.2, 0) is 19.5 Å². The van der Waals surface area contributed by atoms with E-state index >= 15 is 0 Å². The fourth-order valence-corrected chi connectivity index (χ4v) is 3.75. The number of ether oxygens (including phenoxy) is 1. The molecule has 0 unspecified atom stereocenters. The molecule has 0 bridgehead atoms. The lowest BCUT2D eigenvalue weighted by atomic mass is 9.92. The van der Waals surface area contributed by atoms with Gasteiger partial charge in [0, 0.05) is 48.2 Å². The van der Waals surface area contributed by atoms with Gasteiger partial charge < -0.3 is 10.5 Å². The van der Waals surface area contributed by atoms with Crippen LogP contribution in [-0.4, -0.2) is 39.4 Å². The minimum atomic E-state index is -0.658. The van der Waals surface area contributed by atoms with Gasteiger partial charge in [-0.2, -0.15) is 0 Å². The summed E-state index contributed by atoms with van der Waals surface area (Å²) in [5.41, 5.74) is 9.12. The average molecular weight is 428 g/mol. The monoisotopic (exact) mass is 427 g/mol. The number of nitrogens with zero attached hydrogens (tertiary/aromatic N) is 4. The van der Waals surface area contributed by atoms with Crippen molar-refractivity contribution in [2.75, 3.05) is 13.7 Å². The number of aromatic nitrogens is 3. The van der Waals surface area contributed by atoms with Gasteiger partial charge in [0.05, 0.1) is 12.8 Å². The van der Waals surface area contributed by atoms with Crippen LogP contribution in [0.15, 0.2) is 36.7 Å². The summed E-state index contributed by atoms with van der Waals surface area (Å²) in [7, 11) is 1.51. The minimum Gasteiger partial charge on any atom is -0.467 e. The Hall–Kier alpha value is -3.10. The molecule has 2 N–H and O–H groups in total. The second-order valence-corrected chi connectivity index (χ2v) is 7.44. The van der Waals surface area contributed by atoms with Crippen molar-refractivity contribution in [3.8, 4) is 17.1 Å². The van der Waals surface area contributed by atoms with Crippen LogP contribution in [0.3, 0.4) is 0 Å². The number of fused-ring (bicyclic) bond motifs is 1. The first-order valence-electron chi connectivity index (χ1n) is 9.30. The standard InChI is InChI=1S/C21H19ClFN5O2/c1-30-21-25-8-12(9-26-21)10-28-5-4-15-16(14-3-2-13(22)6-17(14)23)7-18(20(24)29)27-19(15)11-28/h2-3,6-9H,4-5,10-11H2,1H3,(H2,24,29). The van der Waals surface area contributed by atoms with E-state index in [-0.39, 0.29) is 5.69 Å². The molecule has 0 radical (unpaired) electrons. The molecule has 1 aliphatic rings. The Morgan fingerprint density at radius 3 is 2.70 bits per heavy atom. The highest BCUT2D eigenvalue weighted by molar-refractivity contribution is 6.30. The lowest BCUT2D eigenvalue weighted by Gasteiger charge is -2.29. The smallest absolute Gasteiger partial charge is 0.316 e. The van der Waals surface area contributed by atoms with Crippen molar-refractivity contribution in [1.82, 2.24) is 19.9 Å². The number of halogens is 2. The SMILES string of the molecule is COc1ncc(CN2CCc3c(-c4ccc(Cl)cc4F)cc(C(N)=O)nc3C2)cn1. The highest BCUT2D eigenvalue weighted by Crippen LogP contribution is 2.33. The first-order chi connectivity index (χ1) is 14.4. The molecule has 0 fully saturated rings. The number of carbonyl (C=O) groups excluding carboxylic acids is 1. The van der Waals surface area contributed by atoms with Gasteiger partial charge in [-0.25, -0.2) is 19.3 Å². The van der Waals surface area contributed by atoms with Gasteiger partial charge in [0.1, 0.15) is 11.5 Å². The van der Waals surface area contributed by atoms with Crippen molar-refractivity contribution in [2.24, 2.45) is 5.73 Å². The van der Waals surface area contributed by atoms with Crippen LogP contribution in [0, 0.1) is 5.82 Å². The molecule has 154 valence electrons. The molecule has 4 rings (SSSR count). The summed E-state index contributed by atoms with van der Waals surface area (Å²) in [6.07, 6.45) is 4.07. The van der Waals surface area contributed by atoms with Crippen molar-refractivity contribution >= 4 is 17.5 Å². The summed E-state index contributed by atoms with van der Waals surface area (Å²) in [5, 5.41) is 0.308. The zero-order valence-electron chi connectivity index (χ0n) is 16.2. The predicted molar refractivity (Wildman–Crippen MR) is 110 cm³/mol. The third-order valence-corrected chi connectivity index (χ3v) is 5.24. The molecular weight excluding hydrogens is 409 g/mol. The van der Waals surface area contributed by atoms with E-state index in [9.17, 15) is 9.18 Å². The molecule has 1 aromatic carbocycles. The van der Waals surface area contributed by atoms with E-state index < -0.39 is 11.7 Å². The van der Waals surface area contributed by atoms with Crippen LogP contribution in [0.1, 0.15) is 27.3 Å². The molecule has 0 atom stereocenters. The largest absolute Gasteiger partial charge is 0.467 e. The van der Waals surface area contributed by atoms with Gasteiger partial charge in [-0.3, -0.25) is 9.69 Å². The van der Waals surface area contributed by atoms with E-state index in [1.807, 2.05) is 0 Å². The van der Waals surface area contributed by atoms with Crippen LogP contribution >= 0.6 is 11.6 Å². The van der Waals surface area contributed by atoms with Crippen molar-refractivity contribution in [2.45, 2.75) is 19.5 Å². The molecule has 1 aliphatic heterocycles. The van der Waals surface area contributed by atoms with Gasteiger partial charge in [0.15, 0.2) is 0 Å². The van der Waals surface area contributed by atoms with Crippen LogP contribution in [0.25, 0.3) is 11.1 Å². The van der Waals surface area contributed by atoms with E-state index in [4.69, 9.17) is 22.1 Å². The van der Waals surface area contributed by atoms with Crippen LogP contribution < -0.4 is 10.5 Å². The quantitative estimate of drug-likeness (QED) is 0.672. The lowest BCUT2D eigenvalue weighted by molar-refractivity contribution is 0.0995. The van der Waals surface area contributed by atoms with Crippen molar-refractivity contribution in [1.29, 1.82) is 0 Å². The summed E-state index contributed by atoms with van der Waals surface area (Å²) >= 11 is 5.89. The fourth-order valence-electron chi connectivity index (χ4n) is 3.59. The second kappa shape index (κ2) is 8.33. The molecule has 3 aromatic rings. The average Bonchev–Trinajstić information content (AvgIpc) is 2.73. The number of amides is 1. The molecule has 9 heteroatoms. The van der Waals surface area contributed by atoms with Crippen LogP contribution in [0.4, 0.5) is 4.39 Å². The van der Waals surface area contributed by atoms with Gasteiger partial charge >= 0.3 is 6.01 Å². The number of hydrogen-bond donors (Lipinski definition) is 1. The summed E-state index contributed by atoms with van der Waals surface area (Å²) < 4.78 is 19.6. The zero-order valence-corrected chi connectivity index (χ0v) is 17.0. The van der Waals surface area contributed by atoms with Crippen LogP contribution in [0.2, 0.25) is 5.02 Å². The maximum Gasteiger partial charge on any atom is 0.316 e. The highest BCUT2D eigenvalue weighted by Gasteiger charge is 2.24. The molecule has 0 spiro atoms. The van der Waals surface area contributed by atoms with E-state index in [1.54, 1.807) is 30.6 Å². The number of rotatable bonds is 5. The van der Waals surface area contributed by atoms with E-state index in [0.29, 0.717) is 47.4 Å². The Morgan fingerprint density at radius 2 is 2.03 bits per heavy atom. The summed E-state index contributed by atoms with van der Waals surface area (Å²) in [4.78, 5) is 26.7. The molecule has 30 heavy (non-hydrogen) atoms. The normalized spacial score (nSPS) is 13.7. The number of methoxy groups -OCH3 is 1. The van der Waals surface area contributed by atoms with Crippen molar-refractivity contribution in [3.05, 3.63) is 70.0 Å². The Labute approximate surface area is 177 Å². The molecule has 2 aromatic heterocycles. The molecule has 3 heterocycles. The molecule has 0 saturated heterocycles. The number of pyridine rings is 1. The molecule has 7 nitrogen and oxygen atoms in total. The topological polar surface area (TPSA) is 94.2 Å². The number of nitrogens with two attached hydrogens (primary N) is 1. The molecule has 1 amide bonds. The Kier molecular flexibility index (Phi) is 5.61. The predicted octanol–water partition coefficient (Wildman–Crippen LogP) is 3.00. The summed E-state index contributed by atoms with van der Waals surface area (Å²) in [5.74, 6) is -1.11. The third kappa shape index (κ3) is 4.10. The number of hydrogen-bond acceptors (Lipinski definition) is 6. The summed E-state index contributed by atoms with van der Waals surface area (Å²) in [6.45, 7) is 1.83. The Morgan fingerprint density at radius 1 is 1.27 bits per heavy atom. The first-order valence-corrected chi connectivity index (χ1v) is 9.67. The summed E-state index contributed by atoms with van der Waals surface area (Å²) in [6, 6.07) is 6.35. The van der Waals surface area contributed by atoms with E-state index in [1.165, 1.54) is 13.2 Å². The van der Waals surface area contributed by atoms with Gasteiger partial charge in [0.2, 0.25) is 0 Å². The van der Waals surface area contributed by atoms with Gasteiger partial charge in [-0.15, -0.1) is 0 Å². The fraction of sp³-hybridized carbons (Fsp3) is 0.238. The van der Waals surface area contributed by atoms with Crippen LogP contribution in [0.5, 0.6) is 6.01 Å². The number of carbonyl (C=O) groups is 1. The maximum absolute atomic E-state index is 14.6. The van der Waals surface area contributed by atoms with Gasteiger partial charge in [0.25, 0.3) is 5.91 Å². The Bertz CT molecular complexity index is 1110. The van der Waals surface area contributed by atoms with E-state index in [2.05, 4.69) is 19.9 Å². The first kappa shape index (κ1) is 20.2. The molecular formula is C21H19ClFN5O2. The number of benzene rings is 1. The zero-order chi connectivity index (χ0) is 21.3. The second-order valence-electron chi connectivity index (χ2n) is 7.01. The van der Waals surface area contributed by atoms with E-state index in [0.717, 1.165) is 17.7 Å². The van der Waals surface area contributed by atoms with Gasteiger partial charge in [-0.05, 0) is 41.8 Å². The number of primary amides is 1. The maximum atomic E-state index is 14.6. The molecule has 0 aliphatic carbocycles. The Balaban J connectivity index is 1.67. The van der Waals surface area contributed by atoms with Gasteiger partial charge in [-0.1, -0.05) is 11.6 Å². The van der Waals surface area contributed by atoms with Crippen molar-refractivity contribution in [3.63, 3.8) is 0 Å². The third-order valence-electron chi connectivity index (χ3n) is 5.01. The molecule has 0 saturated carbocycles. The minimum absolute atomic E-state index is 0.104. The highest BCUT2D eigenvalue weighted by atomic mass is 35.5.